The summed E-state index contributed by atoms with van der Waals surface area (Å²) in [7, 11) is -1.53. The van der Waals surface area contributed by atoms with E-state index in [2.05, 4.69) is 17.0 Å². The molecule has 3 aliphatic rings. The van der Waals surface area contributed by atoms with Crippen LogP contribution in [0.2, 0.25) is 0 Å². The molecule has 0 aromatic heterocycles. The van der Waals surface area contributed by atoms with Gasteiger partial charge in [0, 0.05) is 37.6 Å². The average molecular weight is 413 g/mol. The van der Waals surface area contributed by atoms with Crippen molar-refractivity contribution >= 4 is 21.6 Å². The van der Waals surface area contributed by atoms with Gasteiger partial charge in [-0.2, -0.15) is 4.31 Å². The van der Waals surface area contributed by atoms with E-state index >= 15 is 0 Å². The second-order valence-corrected chi connectivity index (χ2v) is 10.4. The highest BCUT2D eigenvalue weighted by Crippen LogP contribution is 2.44. The summed E-state index contributed by atoms with van der Waals surface area (Å²) in [5.74, 6) is 1.91. The van der Waals surface area contributed by atoms with E-state index in [0.717, 1.165) is 44.5 Å². The number of hydrogen-bond donors (Lipinski definition) is 0. The van der Waals surface area contributed by atoms with E-state index in [-0.39, 0.29) is 11.8 Å². The quantitative estimate of drug-likeness (QED) is 0.697. The number of halogens is 1. The van der Waals surface area contributed by atoms with Crippen LogP contribution in [0.1, 0.15) is 42.9 Å². The van der Waals surface area contributed by atoms with Crippen molar-refractivity contribution in [1.82, 2.24) is 9.21 Å². The molecular formula is C20H29ClN2O3S. The number of sulfonamides is 1. The number of hydrogen-bond acceptors (Lipinski definition) is 4. The van der Waals surface area contributed by atoms with Crippen molar-refractivity contribution in [2.45, 2.75) is 44.2 Å². The van der Waals surface area contributed by atoms with Crippen molar-refractivity contribution in [2.24, 2.45) is 5.92 Å². The van der Waals surface area contributed by atoms with Crippen LogP contribution >= 0.6 is 11.6 Å². The highest BCUT2D eigenvalue weighted by atomic mass is 35.5. The molecule has 3 heterocycles. The largest absolute Gasteiger partial charge is 0.497 e. The molecule has 0 spiro atoms. The Bertz CT molecular complexity index is 785. The van der Waals surface area contributed by atoms with E-state index in [9.17, 15) is 8.42 Å². The normalized spacial score (nSPS) is 28.9. The van der Waals surface area contributed by atoms with Crippen LogP contribution in [0.15, 0.2) is 18.2 Å². The number of ether oxygens (including phenoxy) is 1. The van der Waals surface area contributed by atoms with Crippen molar-refractivity contribution in [3.05, 3.63) is 29.3 Å². The van der Waals surface area contributed by atoms with Crippen LogP contribution in [0.3, 0.4) is 0 Å². The van der Waals surface area contributed by atoms with Gasteiger partial charge >= 0.3 is 0 Å². The third-order valence-electron chi connectivity index (χ3n) is 6.51. The van der Waals surface area contributed by atoms with E-state index in [1.807, 2.05) is 10.4 Å². The minimum absolute atomic E-state index is 0.119. The standard InChI is InChI=1S/C20H29ClN2O3S/c1-26-17-5-6-18-15(12-17)7-10-22-14-16-4-2-9-23(19(16)13-20(18)22)27(24,25)11-3-8-21/h5-6,12,16,19-20H,2-4,7-11,13-14H2,1H3/t16-,19+,20+/m1/s1. The first-order valence-corrected chi connectivity index (χ1v) is 12.1. The van der Waals surface area contributed by atoms with Gasteiger partial charge in [0.1, 0.15) is 5.75 Å². The number of fused-ring (bicyclic) bond motifs is 4. The Morgan fingerprint density at radius 1 is 1.30 bits per heavy atom. The van der Waals surface area contributed by atoms with Crippen LogP contribution in [0, 0.1) is 5.92 Å². The Labute approximate surface area is 167 Å². The molecule has 27 heavy (non-hydrogen) atoms. The van der Waals surface area contributed by atoms with E-state index in [4.69, 9.17) is 16.3 Å². The number of benzene rings is 1. The molecular weight excluding hydrogens is 384 g/mol. The fraction of sp³-hybridized carbons (Fsp3) is 0.700. The lowest BCUT2D eigenvalue weighted by atomic mass is 9.77. The second kappa shape index (κ2) is 7.90. The van der Waals surface area contributed by atoms with Gasteiger partial charge in [-0.3, -0.25) is 4.90 Å². The zero-order chi connectivity index (χ0) is 19.0. The zero-order valence-corrected chi connectivity index (χ0v) is 17.5. The van der Waals surface area contributed by atoms with Crippen LogP contribution < -0.4 is 4.74 Å². The number of methoxy groups -OCH3 is 1. The van der Waals surface area contributed by atoms with Crippen molar-refractivity contribution in [1.29, 1.82) is 0 Å². The van der Waals surface area contributed by atoms with Gasteiger partial charge in [0.15, 0.2) is 0 Å². The third kappa shape index (κ3) is 3.74. The summed E-state index contributed by atoms with van der Waals surface area (Å²) < 4.78 is 33.1. The summed E-state index contributed by atoms with van der Waals surface area (Å²) in [5.41, 5.74) is 2.70. The van der Waals surface area contributed by atoms with Crippen molar-refractivity contribution < 1.29 is 13.2 Å². The first-order chi connectivity index (χ1) is 13.0. The average Bonchev–Trinajstić information content (AvgIpc) is 2.69. The maximum absolute atomic E-state index is 12.9. The molecule has 4 rings (SSSR count). The van der Waals surface area contributed by atoms with Gasteiger partial charge in [0.05, 0.1) is 12.9 Å². The van der Waals surface area contributed by atoms with Gasteiger partial charge in [0.25, 0.3) is 0 Å². The SMILES string of the molecule is COc1ccc2c(c1)CCN1C[C@H]3CCCN(S(=O)(=O)CCCCl)[C@H]3C[C@@H]21. The monoisotopic (exact) mass is 412 g/mol. The lowest BCUT2D eigenvalue weighted by Crippen LogP contribution is -2.57. The predicted octanol–water partition coefficient (Wildman–Crippen LogP) is 3.04. The molecule has 1 aromatic rings. The van der Waals surface area contributed by atoms with E-state index in [1.54, 1.807) is 7.11 Å². The molecule has 2 fully saturated rings. The van der Waals surface area contributed by atoms with Gasteiger partial charge in [-0.25, -0.2) is 8.42 Å². The molecule has 0 amide bonds. The third-order valence-corrected chi connectivity index (χ3v) is 8.75. The molecule has 2 saturated heterocycles. The molecule has 3 aliphatic heterocycles. The van der Waals surface area contributed by atoms with E-state index in [0.29, 0.717) is 30.8 Å². The highest BCUT2D eigenvalue weighted by molar-refractivity contribution is 7.89. The molecule has 0 bridgehead atoms. The van der Waals surface area contributed by atoms with E-state index < -0.39 is 10.0 Å². The van der Waals surface area contributed by atoms with Crippen molar-refractivity contribution in [2.75, 3.05) is 38.4 Å². The van der Waals surface area contributed by atoms with Crippen LogP contribution in [-0.2, 0) is 16.4 Å². The number of piperidine rings is 2. The fourth-order valence-electron chi connectivity index (χ4n) is 5.22. The van der Waals surface area contributed by atoms with Crippen LogP contribution in [-0.4, -0.2) is 62.0 Å². The summed E-state index contributed by atoms with van der Waals surface area (Å²) in [6.07, 6.45) is 4.55. The van der Waals surface area contributed by atoms with Crippen LogP contribution in [0.4, 0.5) is 0 Å². The zero-order valence-electron chi connectivity index (χ0n) is 15.9. The Morgan fingerprint density at radius 2 is 2.15 bits per heavy atom. The number of rotatable bonds is 5. The maximum Gasteiger partial charge on any atom is 0.214 e. The van der Waals surface area contributed by atoms with E-state index in [1.165, 1.54) is 11.1 Å². The summed E-state index contributed by atoms with van der Waals surface area (Å²) in [6.45, 7) is 2.71. The summed E-state index contributed by atoms with van der Waals surface area (Å²) >= 11 is 5.76. The Balaban J connectivity index is 1.60. The van der Waals surface area contributed by atoms with Crippen molar-refractivity contribution in [3.63, 3.8) is 0 Å². The van der Waals surface area contributed by atoms with Gasteiger partial charge < -0.3 is 4.74 Å². The fourth-order valence-corrected chi connectivity index (χ4v) is 7.33. The lowest BCUT2D eigenvalue weighted by Gasteiger charge is -2.51. The summed E-state index contributed by atoms with van der Waals surface area (Å²) in [5, 5.41) is 0. The predicted molar refractivity (Wildman–Crippen MR) is 108 cm³/mol. The Morgan fingerprint density at radius 3 is 2.93 bits per heavy atom. The minimum Gasteiger partial charge on any atom is -0.497 e. The molecule has 150 valence electrons. The minimum atomic E-state index is -3.23. The molecule has 3 atom stereocenters. The first kappa shape index (κ1) is 19.5. The van der Waals surface area contributed by atoms with Gasteiger partial charge in [-0.1, -0.05) is 6.07 Å². The molecule has 5 nitrogen and oxygen atoms in total. The highest BCUT2D eigenvalue weighted by Gasteiger charge is 2.45. The molecule has 7 heteroatoms. The molecule has 0 aliphatic carbocycles. The number of nitrogens with zero attached hydrogens (tertiary/aromatic N) is 2. The Hall–Kier alpha value is -0.820. The second-order valence-electron chi connectivity index (χ2n) is 8.00. The lowest BCUT2D eigenvalue weighted by molar-refractivity contribution is 0.0220. The van der Waals surface area contributed by atoms with Gasteiger partial charge in [-0.05, 0) is 61.3 Å². The van der Waals surface area contributed by atoms with Crippen LogP contribution in [0.25, 0.3) is 0 Å². The summed E-state index contributed by atoms with van der Waals surface area (Å²) in [4.78, 5) is 2.57. The number of alkyl halides is 1. The van der Waals surface area contributed by atoms with Crippen LogP contribution in [0.5, 0.6) is 5.75 Å². The first-order valence-electron chi connectivity index (χ1n) is 10.00. The topological polar surface area (TPSA) is 49.9 Å². The Kier molecular flexibility index (Phi) is 5.70. The summed E-state index contributed by atoms with van der Waals surface area (Å²) in [6, 6.07) is 6.79. The molecule has 0 N–H and O–H groups in total. The molecule has 1 aromatic carbocycles. The molecule has 0 radical (unpaired) electrons. The van der Waals surface area contributed by atoms with Crippen molar-refractivity contribution in [3.8, 4) is 5.75 Å². The maximum atomic E-state index is 12.9. The molecule has 0 unspecified atom stereocenters. The smallest absolute Gasteiger partial charge is 0.214 e. The van der Waals surface area contributed by atoms with Gasteiger partial charge in [-0.15, -0.1) is 11.6 Å². The molecule has 0 saturated carbocycles. The van der Waals surface area contributed by atoms with Gasteiger partial charge in [0.2, 0.25) is 10.0 Å².